The summed E-state index contributed by atoms with van der Waals surface area (Å²) in [4.78, 5) is 23.2. The maximum Gasteiger partial charge on any atom is 0.229 e. The molecule has 0 unspecified atom stereocenters. The summed E-state index contributed by atoms with van der Waals surface area (Å²) in [6.07, 6.45) is 0.465. The Labute approximate surface area is 190 Å². The second kappa shape index (κ2) is 10.6. The SMILES string of the molecule is O=C(CCSc1ccc(Cl)cc1)N(CCN1CCOCC1)c1nc2ccccc2s1. The molecule has 0 aliphatic carbocycles. The zero-order valence-electron chi connectivity index (χ0n) is 16.6. The zero-order valence-corrected chi connectivity index (χ0v) is 19.0. The smallest absolute Gasteiger partial charge is 0.229 e. The molecular weight excluding hydrogens is 438 g/mol. The number of aromatic nitrogens is 1. The lowest BCUT2D eigenvalue weighted by Gasteiger charge is -2.29. The number of thioether (sulfide) groups is 1. The van der Waals surface area contributed by atoms with E-state index in [9.17, 15) is 4.79 Å². The van der Waals surface area contributed by atoms with Crippen LogP contribution < -0.4 is 4.90 Å². The van der Waals surface area contributed by atoms with Crippen molar-refractivity contribution >= 4 is 56.0 Å². The quantitative estimate of drug-likeness (QED) is 0.451. The van der Waals surface area contributed by atoms with Gasteiger partial charge in [0.05, 0.1) is 23.4 Å². The monoisotopic (exact) mass is 461 g/mol. The summed E-state index contributed by atoms with van der Waals surface area (Å²) in [5.74, 6) is 0.836. The summed E-state index contributed by atoms with van der Waals surface area (Å²) in [6, 6.07) is 15.8. The van der Waals surface area contributed by atoms with Crippen molar-refractivity contribution in [1.29, 1.82) is 0 Å². The number of hydrogen-bond acceptors (Lipinski definition) is 6. The average Bonchev–Trinajstić information content (AvgIpc) is 3.20. The van der Waals surface area contributed by atoms with Crippen molar-refractivity contribution in [1.82, 2.24) is 9.88 Å². The van der Waals surface area contributed by atoms with Crippen molar-refractivity contribution in [2.75, 3.05) is 50.0 Å². The van der Waals surface area contributed by atoms with Gasteiger partial charge in [-0.05, 0) is 36.4 Å². The molecule has 1 amide bonds. The number of ether oxygens (including phenoxy) is 1. The molecule has 5 nitrogen and oxygen atoms in total. The highest BCUT2D eigenvalue weighted by molar-refractivity contribution is 7.99. The van der Waals surface area contributed by atoms with Gasteiger partial charge in [0.25, 0.3) is 0 Å². The van der Waals surface area contributed by atoms with Gasteiger partial charge in [0.2, 0.25) is 5.91 Å². The third kappa shape index (κ3) is 5.74. The van der Waals surface area contributed by atoms with Crippen molar-refractivity contribution in [3.63, 3.8) is 0 Å². The lowest BCUT2D eigenvalue weighted by Crippen LogP contribution is -2.43. The molecule has 158 valence electrons. The van der Waals surface area contributed by atoms with E-state index in [1.54, 1.807) is 23.1 Å². The number of para-hydroxylation sites is 1. The Morgan fingerprint density at radius 1 is 1.17 bits per heavy atom. The molecule has 3 aromatic rings. The van der Waals surface area contributed by atoms with Gasteiger partial charge in [-0.25, -0.2) is 4.98 Å². The number of carbonyl (C=O) groups excluding carboxylic acids is 1. The Kier molecular flexibility index (Phi) is 7.62. The van der Waals surface area contributed by atoms with Crippen molar-refractivity contribution in [3.8, 4) is 0 Å². The fourth-order valence-electron chi connectivity index (χ4n) is 3.29. The van der Waals surface area contributed by atoms with Crippen molar-refractivity contribution in [2.45, 2.75) is 11.3 Å². The lowest BCUT2D eigenvalue weighted by molar-refractivity contribution is -0.118. The first kappa shape index (κ1) is 21.6. The molecule has 1 fully saturated rings. The van der Waals surface area contributed by atoms with E-state index in [0.717, 1.165) is 63.9 Å². The predicted molar refractivity (Wildman–Crippen MR) is 126 cm³/mol. The van der Waals surface area contributed by atoms with Crippen molar-refractivity contribution < 1.29 is 9.53 Å². The molecule has 0 atom stereocenters. The second-order valence-corrected chi connectivity index (χ2v) is 9.63. The molecule has 0 N–H and O–H groups in total. The topological polar surface area (TPSA) is 45.7 Å². The fraction of sp³-hybridized carbons (Fsp3) is 0.364. The van der Waals surface area contributed by atoms with E-state index in [1.165, 1.54) is 0 Å². The summed E-state index contributed by atoms with van der Waals surface area (Å²) < 4.78 is 6.54. The molecule has 2 aromatic carbocycles. The summed E-state index contributed by atoms with van der Waals surface area (Å²) in [5.41, 5.74) is 0.942. The Bertz CT molecular complexity index is 941. The third-order valence-electron chi connectivity index (χ3n) is 4.96. The van der Waals surface area contributed by atoms with Crippen LogP contribution >= 0.6 is 34.7 Å². The van der Waals surface area contributed by atoms with E-state index in [0.29, 0.717) is 13.0 Å². The highest BCUT2D eigenvalue weighted by atomic mass is 35.5. The highest BCUT2D eigenvalue weighted by Gasteiger charge is 2.21. The number of benzene rings is 2. The molecule has 30 heavy (non-hydrogen) atoms. The zero-order chi connectivity index (χ0) is 20.8. The number of thiazole rings is 1. The van der Waals surface area contributed by atoms with Crippen LogP contribution in [0.5, 0.6) is 0 Å². The van der Waals surface area contributed by atoms with E-state index in [2.05, 4.69) is 11.0 Å². The van der Waals surface area contributed by atoms with Crippen molar-refractivity contribution in [3.05, 3.63) is 53.6 Å². The fourth-order valence-corrected chi connectivity index (χ4v) is 5.27. The van der Waals surface area contributed by atoms with E-state index in [4.69, 9.17) is 21.3 Å². The van der Waals surface area contributed by atoms with Crippen molar-refractivity contribution in [2.24, 2.45) is 0 Å². The van der Waals surface area contributed by atoms with Crippen LogP contribution in [0.1, 0.15) is 6.42 Å². The largest absolute Gasteiger partial charge is 0.379 e. The molecular formula is C22H24ClN3O2S2. The summed E-state index contributed by atoms with van der Waals surface area (Å²) in [6.45, 7) is 4.81. The molecule has 0 spiro atoms. The summed E-state index contributed by atoms with van der Waals surface area (Å²) in [5, 5.41) is 1.51. The van der Waals surface area contributed by atoms with Crippen LogP contribution in [0.4, 0.5) is 5.13 Å². The van der Waals surface area contributed by atoms with Gasteiger partial charge in [-0.2, -0.15) is 0 Å². The Morgan fingerprint density at radius 2 is 1.93 bits per heavy atom. The molecule has 1 aromatic heterocycles. The maximum atomic E-state index is 13.2. The number of fused-ring (bicyclic) bond motifs is 1. The number of morpholine rings is 1. The Balaban J connectivity index is 1.42. The standard InChI is InChI=1S/C22H24ClN3O2S2/c23-17-5-7-18(8-6-17)29-16-9-21(27)26(11-10-25-12-14-28-15-13-25)22-24-19-3-1-2-4-20(19)30-22/h1-8H,9-16H2. The van der Waals surface area contributed by atoms with Crippen LogP contribution in [0.25, 0.3) is 10.2 Å². The second-order valence-electron chi connectivity index (χ2n) is 7.02. The number of nitrogens with zero attached hydrogens (tertiary/aromatic N) is 3. The first-order valence-corrected chi connectivity index (χ1v) is 12.2. The minimum atomic E-state index is 0.115. The minimum absolute atomic E-state index is 0.115. The molecule has 8 heteroatoms. The highest BCUT2D eigenvalue weighted by Crippen LogP contribution is 2.29. The summed E-state index contributed by atoms with van der Waals surface area (Å²) >= 11 is 9.20. The van der Waals surface area contributed by atoms with Crippen LogP contribution in [0.2, 0.25) is 5.02 Å². The van der Waals surface area contributed by atoms with E-state index in [-0.39, 0.29) is 5.91 Å². The Hall–Kier alpha value is -1.64. The molecule has 1 aliphatic rings. The number of halogens is 1. The molecule has 1 saturated heterocycles. The number of anilines is 1. The van der Waals surface area contributed by atoms with Gasteiger partial charge in [0, 0.05) is 48.3 Å². The number of rotatable bonds is 8. The minimum Gasteiger partial charge on any atom is -0.379 e. The van der Waals surface area contributed by atoms with Crippen LogP contribution in [0.15, 0.2) is 53.4 Å². The average molecular weight is 462 g/mol. The van der Waals surface area contributed by atoms with Gasteiger partial charge in [0.1, 0.15) is 0 Å². The normalized spacial score (nSPS) is 14.8. The first-order chi connectivity index (χ1) is 14.7. The van der Waals surface area contributed by atoms with Gasteiger partial charge in [-0.3, -0.25) is 14.6 Å². The van der Waals surface area contributed by atoms with Gasteiger partial charge in [-0.1, -0.05) is 35.1 Å². The molecule has 4 rings (SSSR count). The third-order valence-corrected chi connectivity index (χ3v) is 7.28. The first-order valence-electron chi connectivity index (χ1n) is 10.0. The van der Waals surface area contributed by atoms with Gasteiger partial charge in [-0.15, -0.1) is 11.8 Å². The van der Waals surface area contributed by atoms with E-state index >= 15 is 0 Å². The van der Waals surface area contributed by atoms with Gasteiger partial charge in [0.15, 0.2) is 5.13 Å². The van der Waals surface area contributed by atoms with Crippen LogP contribution in [0, 0.1) is 0 Å². The van der Waals surface area contributed by atoms with Crippen LogP contribution in [0.3, 0.4) is 0 Å². The predicted octanol–water partition coefficient (Wildman–Crippen LogP) is 4.80. The lowest BCUT2D eigenvalue weighted by atomic mass is 10.3. The Morgan fingerprint density at radius 3 is 2.70 bits per heavy atom. The van der Waals surface area contributed by atoms with Gasteiger partial charge < -0.3 is 4.74 Å². The molecule has 0 saturated carbocycles. The number of amides is 1. The van der Waals surface area contributed by atoms with E-state index < -0.39 is 0 Å². The maximum absolute atomic E-state index is 13.2. The van der Waals surface area contributed by atoms with Crippen LogP contribution in [-0.4, -0.2) is 60.9 Å². The number of hydrogen-bond donors (Lipinski definition) is 0. The van der Waals surface area contributed by atoms with Gasteiger partial charge >= 0.3 is 0 Å². The molecule has 0 radical (unpaired) electrons. The van der Waals surface area contributed by atoms with E-state index in [1.807, 2.05) is 47.4 Å². The molecule has 0 bridgehead atoms. The molecule has 2 heterocycles. The number of carbonyl (C=O) groups is 1. The van der Waals surface area contributed by atoms with Crippen LogP contribution in [-0.2, 0) is 9.53 Å². The molecule has 1 aliphatic heterocycles. The summed E-state index contributed by atoms with van der Waals surface area (Å²) in [7, 11) is 0.